The highest BCUT2D eigenvalue weighted by Gasteiger charge is 2.54. The highest BCUT2D eigenvalue weighted by molar-refractivity contribution is 5.05. The summed E-state index contributed by atoms with van der Waals surface area (Å²) in [6.07, 6.45) is 9.48. The molecule has 3 nitrogen and oxygen atoms in total. The first kappa shape index (κ1) is 14.5. The van der Waals surface area contributed by atoms with E-state index in [1.807, 2.05) is 0 Å². The van der Waals surface area contributed by atoms with Crippen LogP contribution in [0.4, 0.5) is 0 Å². The number of hydrogen-bond donors (Lipinski definition) is 1. The van der Waals surface area contributed by atoms with Gasteiger partial charge in [0.2, 0.25) is 0 Å². The van der Waals surface area contributed by atoms with E-state index in [0.717, 1.165) is 44.0 Å². The van der Waals surface area contributed by atoms with Crippen molar-refractivity contribution in [2.45, 2.75) is 51.0 Å². The zero-order valence-electron chi connectivity index (χ0n) is 13.5. The number of ether oxygens (including phenoxy) is 1. The molecule has 4 saturated carbocycles. The highest BCUT2D eigenvalue weighted by atomic mass is 16.5. The minimum absolute atomic E-state index is 0.0906. The van der Waals surface area contributed by atoms with Gasteiger partial charge in [-0.15, -0.1) is 0 Å². The maximum atomic E-state index is 11.0. The van der Waals surface area contributed by atoms with Gasteiger partial charge in [-0.05, 0) is 80.6 Å². The van der Waals surface area contributed by atoms with E-state index in [-0.39, 0.29) is 11.5 Å². The van der Waals surface area contributed by atoms with Crippen molar-refractivity contribution in [2.75, 3.05) is 33.4 Å². The summed E-state index contributed by atoms with van der Waals surface area (Å²) in [5.74, 6) is 3.49. The van der Waals surface area contributed by atoms with E-state index >= 15 is 0 Å². The molecular weight excluding hydrogens is 262 g/mol. The number of aliphatic hydroxyl groups excluding tert-OH is 1. The van der Waals surface area contributed by atoms with Crippen LogP contribution in [0.3, 0.4) is 0 Å². The summed E-state index contributed by atoms with van der Waals surface area (Å²) < 4.78 is 5.29. The Hall–Kier alpha value is -0.120. The maximum Gasteiger partial charge on any atom is 0.0723 e. The molecule has 3 heteroatoms. The number of rotatable bonds is 5. The summed E-state index contributed by atoms with van der Waals surface area (Å²) in [6.45, 7) is 4.06. The normalized spacial score (nSPS) is 47.1. The van der Waals surface area contributed by atoms with Gasteiger partial charge in [0.05, 0.1) is 12.7 Å². The second-order valence-corrected chi connectivity index (χ2v) is 8.67. The molecule has 5 fully saturated rings. The number of hydrogen-bond acceptors (Lipinski definition) is 3. The molecule has 4 bridgehead atoms. The third kappa shape index (κ3) is 2.66. The Morgan fingerprint density at radius 1 is 1.14 bits per heavy atom. The summed E-state index contributed by atoms with van der Waals surface area (Å²) >= 11 is 0. The van der Waals surface area contributed by atoms with Gasteiger partial charge in [0.1, 0.15) is 0 Å². The van der Waals surface area contributed by atoms with Crippen LogP contribution in [-0.4, -0.2) is 49.5 Å². The molecule has 1 heterocycles. The van der Waals surface area contributed by atoms with Crippen LogP contribution < -0.4 is 0 Å². The Kier molecular flexibility index (Phi) is 3.79. The van der Waals surface area contributed by atoms with Crippen LogP contribution in [0.1, 0.15) is 44.9 Å². The third-order valence-corrected chi connectivity index (χ3v) is 7.00. The van der Waals surface area contributed by atoms with Crippen molar-refractivity contribution in [2.24, 2.45) is 29.1 Å². The molecule has 0 amide bonds. The van der Waals surface area contributed by atoms with Gasteiger partial charge in [0, 0.05) is 20.2 Å². The van der Waals surface area contributed by atoms with Crippen molar-refractivity contribution in [3.63, 3.8) is 0 Å². The average molecular weight is 293 g/mol. The molecule has 2 unspecified atom stereocenters. The molecule has 5 aliphatic rings. The van der Waals surface area contributed by atoms with Crippen molar-refractivity contribution >= 4 is 0 Å². The summed E-state index contributed by atoms with van der Waals surface area (Å²) in [6, 6.07) is 0. The number of β-amino-alcohol motifs (C(OH)–C–C–N with tert-alkyl or cyclic N) is 1. The molecule has 1 saturated heterocycles. The van der Waals surface area contributed by atoms with Gasteiger partial charge in [-0.2, -0.15) is 0 Å². The summed E-state index contributed by atoms with van der Waals surface area (Å²) in [5.41, 5.74) is 0.286. The van der Waals surface area contributed by atoms with Crippen molar-refractivity contribution in [3.8, 4) is 0 Å². The summed E-state index contributed by atoms with van der Waals surface area (Å²) in [7, 11) is 1.80. The fourth-order valence-electron chi connectivity index (χ4n) is 6.47. The minimum atomic E-state index is -0.0906. The molecule has 2 atom stereocenters. The van der Waals surface area contributed by atoms with Crippen LogP contribution in [0.5, 0.6) is 0 Å². The van der Waals surface area contributed by atoms with E-state index < -0.39 is 0 Å². The second-order valence-electron chi connectivity index (χ2n) is 8.67. The van der Waals surface area contributed by atoms with E-state index in [4.69, 9.17) is 4.74 Å². The van der Waals surface area contributed by atoms with E-state index in [1.54, 1.807) is 7.11 Å². The molecule has 1 N–H and O–H groups in total. The first-order valence-corrected chi connectivity index (χ1v) is 9.06. The first-order chi connectivity index (χ1) is 10.2. The van der Waals surface area contributed by atoms with Crippen LogP contribution in [0.25, 0.3) is 0 Å². The maximum absolute atomic E-state index is 11.0. The van der Waals surface area contributed by atoms with Gasteiger partial charge in [-0.25, -0.2) is 0 Å². The first-order valence-electron chi connectivity index (χ1n) is 9.06. The van der Waals surface area contributed by atoms with Gasteiger partial charge in [-0.1, -0.05) is 0 Å². The van der Waals surface area contributed by atoms with E-state index in [9.17, 15) is 5.11 Å². The predicted octanol–water partition coefficient (Wildman–Crippen LogP) is 2.53. The van der Waals surface area contributed by atoms with Crippen LogP contribution in [0.2, 0.25) is 0 Å². The number of aliphatic hydroxyl groups is 1. The molecule has 0 spiro atoms. The number of methoxy groups -OCH3 is 1. The van der Waals surface area contributed by atoms with Gasteiger partial charge in [-0.3, -0.25) is 0 Å². The molecule has 5 rings (SSSR count). The Balaban J connectivity index is 1.38. The van der Waals surface area contributed by atoms with Crippen LogP contribution in [0.15, 0.2) is 0 Å². The largest absolute Gasteiger partial charge is 0.391 e. The fraction of sp³-hybridized carbons (Fsp3) is 1.00. The minimum Gasteiger partial charge on any atom is -0.391 e. The van der Waals surface area contributed by atoms with Gasteiger partial charge in [0.15, 0.2) is 0 Å². The molecule has 1 aliphatic heterocycles. The molecule has 21 heavy (non-hydrogen) atoms. The zero-order chi connectivity index (χ0) is 14.4. The fourth-order valence-corrected chi connectivity index (χ4v) is 6.47. The average Bonchev–Trinajstić information content (AvgIpc) is 2.85. The Labute approximate surface area is 129 Å². The number of nitrogens with zero attached hydrogens (tertiary/aromatic N) is 1. The van der Waals surface area contributed by atoms with Crippen molar-refractivity contribution in [1.82, 2.24) is 4.90 Å². The molecule has 0 radical (unpaired) electrons. The molecule has 120 valence electrons. The third-order valence-electron chi connectivity index (χ3n) is 7.00. The second kappa shape index (κ2) is 5.50. The van der Waals surface area contributed by atoms with Gasteiger partial charge < -0.3 is 14.7 Å². The van der Waals surface area contributed by atoms with Crippen LogP contribution in [0, 0.1) is 29.1 Å². The van der Waals surface area contributed by atoms with E-state index in [2.05, 4.69) is 4.90 Å². The van der Waals surface area contributed by atoms with Crippen LogP contribution >= 0.6 is 0 Å². The molecule has 4 aliphatic carbocycles. The van der Waals surface area contributed by atoms with E-state index in [0.29, 0.717) is 5.92 Å². The lowest BCUT2D eigenvalue weighted by molar-refractivity contribution is -0.125. The lowest BCUT2D eigenvalue weighted by atomic mass is 9.48. The quantitative estimate of drug-likeness (QED) is 0.845. The van der Waals surface area contributed by atoms with Crippen LogP contribution in [-0.2, 0) is 4.74 Å². The Morgan fingerprint density at radius 3 is 2.33 bits per heavy atom. The Bertz CT molecular complexity index is 348. The van der Waals surface area contributed by atoms with Crippen molar-refractivity contribution < 1.29 is 9.84 Å². The Morgan fingerprint density at radius 2 is 1.76 bits per heavy atom. The standard InChI is InChI=1S/C18H31NO2/c1-21-12-13-2-3-19(10-13)11-17(20)18-7-14-4-15(8-18)6-16(5-14)9-18/h13-17,20H,2-12H2,1H3. The van der Waals surface area contributed by atoms with Crippen molar-refractivity contribution in [1.29, 1.82) is 0 Å². The molecule has 0 aromatic rings. The topological polar surface area (TPSA) is 32.7 Å². The van der Waals surface area contributed by atoms with E-state index in [1.165, 1.54) is 44.9 Å². The predicted molar refractivity (Wildman–Crippen MR) is 83.0 cm³/mol. The smallest absolute Gasteiger partial charge is 0.0723 e. The molecular formula is C18H31NO2. The lowest BCUT2D eigenvalue weighted by Crippen LogP contribution is -2.54. The van der Waals surface area contributed by atoms with Gasteiger partial charge >= 0.3 is 0 Å². The summed E-state index contributed by atoms with van der Waals surface area (Å²) in [4.78, 5) is 2.49. The SMILES string of the molecule is COCC1CCN(CC(O)C23CC4CC(CC(C4)C2)C3)C1. The zero-order valence-corrected chi connectivity index (χ0v) is 13.5. The van der Waals surface area contributed by atoms with Crippen molar-refractivity contribution in [3.05, 3.63) is 0 Å². The number of likely N-dealkylation sites (tertiary alicyclic amines) is 1. The summed E-state index contributed by atoms with van der Waals surface area (Å²) in [5, 5.41) is 11.0. The monoisotopic (exact) mass is 293 g/mol. The molecule has 0 aromatic carbocycles. The lowest BCUT2D eigenvalue weighted by Gasteiger charge is -2.58. The van der Waals surface area contributed by atoms with Gasteiger partial charge in [0.25, 0.3) is 0 Å². The molecule has 0 aromatic heterocycles. The highest BCUT2D eigenvalue weighted by Crippen LogP contribution is 2.61.